The molecule has 2 aromatic carbocycles. The second-order valence-corrected chi connectivity index (χ2v) is 7.82. The lowest BCUT2D eigenvalue weighted by Crippen LogP contribution is -2.34. The molecule has 0 aliphatic carbocycles. The van der Waals surface area contributed by atoms with E-state index < -0.39 is 5.60 Å². The smallest absolute Gasteiger partial charge is 0.137 e. The zero-order chi connectivity index (χ0) is 19.4. The number of rotatable bonds is 6. The van der Waals surface area contributed by atoms with Gasteiger partial charge in [0.25, 0.3) is 0 Å². The number of nitrogens with zero attached hydrogens (tertiary/aromatic N) is 1. The average molecular weight is 390 g/mol. The number of hydrogen-bond acceptors (Lipinski definition) is 4. The molecule has 0 radical (unpaired) electrons. The van der Waals surface area contributed by atoms with Crippen LogP contribution in [0.4, 0.5) is 0 Å². The van der Waals surface area contributed by atoms with Crippen LogP contribution in [0.5, 0.6) is 11.5 Å². The second kappa shape index (κ2) is 8.51. The summed E-state index contributed by atoms with van der Waals surface area (Å²) in [5.41, 5.74) is 0.867. The summed E-state index contributed by atoms with van der Waals surface area (Å²) in [6, 6.07) is 13.6. The molecule has 1 aliphatic rings. The maximum absolute atomic E-state index is 12.0. The molecule has 0 amide bonds. The lowest BCUT2D eigenvalue weighted by molar-refractivity contribution is -0.00497. The maximum atomic E-state index is 12.0. The molecule has 2 atom stereocenters. The Morgan fingerprint density at radius 3 is 2.78 bits per heavy atom. The van der Waals surface area contributed by atoms with Crippen molar-refractivity contribution in [3.05, 3.63) is 58.6 Å². The normalized spacial score (nSPS) is 22.1. The summed E-state index contributed by atoms with van der Waals surface area (Å²) in [6.45, 7) is 1.48. The van der Waals surface area contributed by atoms with Gasteiger partial charge in [-0.1, -0.05) is 35.9 Å². The molecule has 0 saturated heterocycles. The van der Waals surface area contributed by atoms with E-state index in [-0.39, 0.29) is 5.92 Å². The summed E-state index contributed by atoms with van der Waals surface area (Å²) in [5, 5.41) is 12.6. The Morgan fingerprint density at radius 1 is 1.26 bits per heavy atom. The molecular formula is C22H28ClNO3. The zero-order valence-electron chi connectivity index (χ0n) is 16.2. The van der Waals surface area contributed by atoms with Gasteiger partial charge in [0, 0.05) is 11.5 Å². The van der Waals surface area contributed by atoms with E-state index in [1.54, 1.807) is 7.11 Å². The van der Waals surface area contributed by atoms with Crippen LogP contribution in [0.1, 0.15) is 36.3 Å². The van der Waals surface area contributed by atoms with Crippen molar-refractivity contribution in [2.45, 2.75) is 30.8 Å². The van der Waals surface area contributed by atoms with Crippen molar-refractivity contribution < 1.29 is 14.6 Å². The molecule has 1 aliphatic heterocycles. The first-order valence-corrected chi connectivity index (χ1v) is 9.76. The minimum absolute atomic E-state index is 0.102. The van der Waals surface area contributed by atoms with E-state index in [1.807, 2.05) is 42.5 Å². The van der Waals surface area contributed by atoms with E-state index in [4.69, 9.17) is 21.1 Å². The molecule has 4 nitrogen and oxygen atoms in total. The number of ether oxygens (including phenoxy) is 2. The van der Waals surface area contributed by atoms with Crippen molar-refractivity contribution in [3.63, 3.8) is 0 Å². The SMILES string of the molecule is COc1cc([C@@H]2CCOc3ccccc3[C@@]2(O)CCCN(C)C)ccc1Cl. The third-order valence-electron chi connectivity index (χ3n) is 5.33. The minimum atomic E-state index is -1.01. The van der Waals surface area contributed by atoms with Crippen LogP contribution in [0.15, 0.2) is 42.5 Å². The molecule has 0 bridgehead atoms. The Balaban J connectivity index is 2.04. The third-order valence-corrected chi connectivity index (χ3v) is 5.65. The number of fused-ring (bicyclic) bond motifs is 1. The number of para-hydroxylation sites is 1. The van der Waals surface area contributed by atoms with E-state index in [1.165, 1.54) is 0 Å². The fraction of sp³-hybridized carbons (Fsp3) is 0.455. The monoisotopic (exact) mass is 389 g/mol. The number of benzene rings is 2. The molecule has 1 heterocycles. The van der Waals surface area contributed by atoms with Crippen LogP contribution in [0.25, 0.3) is 0 Å². The summed E-state index contributed by atoms with van der Waals surface area (Å²) in [4.78, 5) is 2.14. The third kappa shape index (κ3) is 4.23. The molecule has 146 valence electrons. The predicted octanol–water partition coefficient (Wildman–Crippen LogP) is 4.44. The molecule has 0 spiro atoms. The minimum Gasteiger partial charge on any atom is -0.495 e. The Bertz CT molecular complexity index is 780. The summed E-state index contributed by atoms with van der Waals surface area (Å²) >= 11 is 6.22. The van der Waals surface area contributed by atoms with Crippen molar-refractivity contribution in [2.75, 3.05) is 34.4 Å². The van der Waals surface area contributed by atoms with Crippen LogP contribution in [-0.2, 0) is 5.60 Å². The van der Waals surface area contributed by atoms with Gasteiger partial charge in [-0.15, -0.1) is 0 Å². The standard InChI is InChI=1S/C22H28ClNO3/c1-24(2)13-6-12-22(25)17(16-9-10-19(23)21(15-16)26-3)11-14-27-20-8-5-4-7-18(20)22/h4-5,7-10,15,17,25H,6,11-14H2,1-3H3/t17-,22+/m0/s1. The Hall–Kier alpha value is -1.75. The van der Waals surface area contributed by atoms with Crippen LogP contribution in [0, 0.1) is 0 Å². The van der Waals surface area contributed by atoms with Gasteiger partial charge >= 0.3 is 0 Å². The van der Waals surface area contributed by atoms with Gasteiger partial charge in [-0.3, -0.25) is 0 Å². The molecule has 0 unspecified atom stereocenters. The highest BCUT2D eigenvalue weighted by Crippen LogP contribution is 2.48. The number of aliphatic hydroxyl groups is 1. The van der Waals surface area contributed by atoms with Crippen molar-refractivity contribution in [1.29, 1.82) is 0 Å². The van der Waals surface area contributed by atoms with Gasteiger partial charge in [-0.2, -0.15) is 0 Å². The van der Waals surface area contributed by atoms with Crippen molar-refractivity contribution in [1.82, 2.24) is 4.90 Å². The first-order valence-electron chi connectivity index (χ1n) is 9.38. The summed E-state index contributed by atoms with van der Waals surface area (Å²) in [6.07, 6.45) is 2.26. The first kappa shape index (κ1) is 20.0. The van der Waals surface area contributed by atoms with Gasteiger partial charge in [0.1, 0.15) is 17.1 Å². The molecule has 2 aromatic rings. The van der Waals surface area contributed by atoms with Crippen LogP contribution in [0.3, 0.4) is 0 Å². The highest BCUT2D eigenvalue weighted by atomic mass is 35.5. The van der Waals surface area contributed by atoms with Crippen LogP contribution >= 0.6 is 11.6 Å². The van der Waals surface area contributed by atoms with Crippen molar-refractivity contribution in [2.24, 2.45) is 0 Å². The second-order valence-electron chi connectivity index (χ2n) is 7.41. The van der Waals surface area contributed by atoms with Gasteiger partial charge < -0.3 is 19.5 Å². The van der Waals surface area contributed by atoms with Crippen LogP contribution in [-0.4, -0.2) is 44.4 Å². The van der Waals surface area contributed by atoms with E-state index >= 15 is 0 Å². The van der Waals surface area contributed by atoms with Gasteiger partial charge in [0.2, 0.25) is 0 Å². The average Bonchev–Trinajstić information content (AvgIpc) is 2.79. The lowest BCUT2D eigenvalue weighted by atomic mass is 9.73. The highest BCUT2D eigenvalue weighted by molar-refractivity contribution is 6.32. The topological polar surface area (TPSA) is 41.9 Å². The zero-order valence-corrected chi connectivity index (χ0v) is 17.0. The molecule has 5 heteroatoms. The summed E-state index contributed by atoms with van der Waals surface area (Å²) in [5.74, 6) is 1.30. The Labute approximate surface area is 166 Å². The van der Waals surface area contributed by atoms with Crippen LogP contribution < -0.4 is 9.47 Å². The van der Waals surface area contributed by atoms with Crippen molar-refractivity contribution >= 4 is 11.6 Å². The highest BCUT2D eigenvalue weighted by Gasteiger charge is 2.42. The van der Waals surface area contributed by atoms with Crippen molar-refractivity contribution in [3.8, 4) is 11.5 Å². The molecular weight excluding hydrogens is 362 g/mol. The molecule has 0 aromatic heterocycles. The van der Waals surface area contributed by atoms with Crippen LogP contribution in [0.2, 0.25) is 5.02 Å². The summed E-state index contributed by atoms with van der Waals surface area (Å²) in [7, 11) is 5.71. The lowest BCUT2D eigenvalue weighted by Gasteiger charge is -2.36. The fourth-order valence-electron chi connectivity index (χ4n) is 3.97. The predicted molar refractivity (Wildman–Crippen MR) is 109 cm³/mol. The maximum Gasteiger partial charge on any atom is 0.137 e. The van der Waals surface area contributed by atoms with Gasteiger partial charge in [-0.25, -0.2) is 0 Å². The van der Waals surface area contributed by atoms with E-state index in [2.05, 4.69) is 19.0 Å². The molecule has 27 heavy (non-hydrogen) atoms. The number of halogens is 1. The Morgan fingerprint density at radius 2 is 2.04 bits per heavy atom. The first-order chi connectivity index (χ1) is 13.0. The van der Waals surface area contributed by atoms with Gasteiger partial charge in [0.15, 0.2) is 0 Å². The fourth-order valence-corrected chi connectivity index (χ4v) is 4.17. The van der Waals surface area contributed by atoms with E-state index in [9.17, 15) is 5.11 Å². The van der Waals surface area contributed by atoms with E-state index in [0.717, 1.165) is 36.3 Å². The van der Waals surface area contributed by atoms with Gasteiger partial charge in [0.05, 0.1) is 18.7 Å². The Kier molecular flexibility index (Phi) is 6.30. The number of hydrogen-bond donors (Lipinski definition) is 1. The van der Waals surface area contributed by atoms with E-state index in [0.29, 0.717) is 23.8 Å². The summed E-state index contributed by atoms with van der Waals surface area (Å²) < 4.78 is 11.4. The van der Waals surface area contributed by atoms with Gasteiger partial charge in [-0.05, 0) is 63.7 Å². The molecule has 0 saturated carbocycles. The molecule has 3 rings (SSSR count). The largest absolute Gasteiger partial charge is 0.495 e. The molecule has 0 fully saturated rings. The molecule has 1 N–H and O–H groups in total. The number of methoxy groups -OCH3 is 1. The quantitative estimate of drug-likeness (QED) is 0.792.